The second-order valence-electron chi connectivity index (χ2n) is 4.48. The molecule has 2 rings (SSSR count). The fourth-order valence-corrected chi connectivity index (χ4v) is 2.88. The van der Waals surface area contributed by atoms with Crippen molar-refractivity contribution in [2.75, 3.05) is 12.4 Å². The number of rotatable bonds is 7. The van der Waals surface area contributed by atoms with Gasteiger partial charge in [0.05, 0.1) is 18.2 Å². The zero-order valence-corrected chi connectivity index (χ0v) is 13.2. The topological polar surface area (TPSA) is 33.0 Å². The minimum absolute atomic E-state index is 0.689. The summed E-state index contributed by atoms with van der Waals surface area (Å²) in [4.78, 5) is 0. The molecule has 0 aliphatic rings. The molecule has 0 aromatic heterocycles. The van der Waals surface area contributed by atoms with Gasteiger partial charge in [0.25, 0.3) is 0 Å². The van der Waals surface area contributed by atoms with E-state index in [4.69, 9.17) is 21.6 Å². The number of benzene rings is 2. The van der Waals surface area contributed by atoms with Gasteiger partial charge in [-0.3, -0.25) is 0 Å². The molecule has 21 heavy (non-hydrogen) atoms. The molecule has 0 unspecified atom stereocenters. The van der Waals surface area contributed by atoms with Crippen molar-refractivity contribution in [2.45, 2.75) is 12.2 Å². The molecular weight excluding hydrogens is 302 g/mol. The predicted octanol–water partition coefficient (Wildman–Crippen LogP) is 4.91. The van der Waals surface area contributed by atoms with Crippen molar-refractivity contribution in [3.05, 3.63) is 64.7 Å². The van der Waals surface area contributed by atoms with E-state index in [1.807, 2.05) is 60.3 Å². The van der Waals surface area contributed by atoms with Crippen LogP contribution in [0.5, 0.6) is 5.75 Å². The van der Waals surface area contributed by atoms with Crippen LogP contribution in [0, 0.1) is 11.3 Å². The van der Waals surface area contributed by atoms with Crippen LogP contribution in [0.15, 0.2) is 48.5 Å². The fourth-order valence-electron chi connectivity index (χ4n) is 1.82. The van der Waals surface area contributed by atoms with Gasteiger partial charge in [0.15, 0.2) is 0 Å². The van der Waals surface area contributed by atoms with Crippen LogP contribution in [0.4, 0.5) is 0 Å². The number of nitriles is 1. The fraction of sp³-hybridized carbons (Fsp3) is 0.235. The Labute approximate surface area is 134 Å². The van der Waals surface area contributed by atoms with Crippen molar-refractivity contribution in [1.82, 2.24) is 0 Å². The van der Waals surface area contributed by atoms with Gasteiger partial charge in [-0.2, -0.15) is 17.0 Å². The molecule has 0 amide bonds. The third kappa shape index (κ3) is 5.34. The minimum atomic E-state index is 0.689. The molecular formula is C17H16ClNOS. The Hall–Kier alpha value is -1.63. The molecule has 0 N–H and O–H groups in total. The SMILES string of the molecule is N#Cc1ccccc1CSCCCOc1ccc(Cl)cc1. The lowest BCUT2D eigenvalue weighted by Gasteiger charge is -2.06. The van der Waals surface area contributed by atoms with Crippen molar-refractivity contribution in [3.63, 3.8) is 0 Å². The van der Waals surface area contributed by atoms with E-state index in [1.54, 1.807) is 0 Å². The Morgan fingerprint density at radius 3 is 2.62 bits per heavy atom. The average molecular weight is 318 g/mol. The van der Waals surface area contributed by atoms with E-state index < -0.39 is 0 Å². The Bertz CT molecular complexity index is 607. The summed E-state index contributed by atoms with van der Waals surface area (Å²) in [5.74, 6) is 2.72. The molecule has 0 aliphatic carbocycles. The first-order valence-electron chi connectivity index (χ1n) is 6.74. The highest BCUT2D eigenvalue weighted by Crippen LogP contribution is 2.18. The molecule has 4 heteroatoms. The van der Waals surface area contributed by atoms with Crippen LogP contribution < -0.4 is 4.74 Å². The summed E-state index contributed by atoms with van der Waals surface area (Å²) in [6.07, 6.45) is 0.974. The lowest BCUT2D eigenvalue weighted by Crippen LogP contribution is -1.99. The highest BCUT2D eigenvalue weighted by molar-refractivity contribution is 7.98. The molecule has 0 spiro atoms. The lowest BCUT2D eigenvalue weighted by atomic mass is 10.1. The Morgan fingerprint density at radius 1 is 1.10 bits per heavy atom. The van der Waals surface area contributed by atoms with Crippen molar-refractivity contribution in [2.24, 2.45) is 0 Å². The van der Waals surface area contributed by atoms with Crippen molar-refractivity contribution in [3.8, 4) is 11.8 Å². The molecule has 0 bridgehead atoms. The van der Waals surface area contributed by atoms with E-state index in [0.717, 1.165) is 34.8 Å². The van der Waals surface area contributed by atoms with Crippen LogP contribution in [-0.2, 0) is 5.75 Å². The van der Waals surface area contributed by atoms with Crippen LogP contribution in [0.1, 0.15) is 17.5 Å². The summed E-state index contributed by atoms with van der Waals surface area (Å²) in [7, 11) is 0. The maximum Gasteiger partial charge on any atom is 0.119 e. The zero-order chi connectivity index (χ0) is 14.9. The first kappa shape index (κ1) is 15.8. The summed E-state index contributed by atoms with van der Waals surface area (Å²) in [5, 5.41) is 9.73. The molecule has 0 atom stereocenters. The quantitative estimate of drug-likeness (QED) is 0.680. The van der Waals surface area contributed by atoms with Crippen LogP contribution in [0.3, 0.4) is 0 Å². The number of hydrogen-bond donors (Lipinski definition) is 0. The number of nitrogens with zero attached hydrogens (tertiary/aromatic N) is 1. The maximum absolute atomic E-state index is 9.02. The molecule has 0 radical (unpaired) electrons. The van der Waals surface area contributed by atoms with Crippen LogP contribution >= 0.6 is 23.4 Å². The van der Waals surface area contributed by atoms with Crippen LogP contribution in [0.25, 0.3) is 0 Å². The van der Waals surface area contributed by atoms with Crippen molar-refractivity contribution >= 4 is 23.4 Å². The van der Waals surface area contributed by atoms with Crippen molar-refractivity contribution in [1.29, 1.82) is 5.26 Å². The summed E-state index contributed by atoms with van der Waals surface area (Å²) in [6, 6.07) is 17.4. The summed E-state index contributed by atoms with van der Waals surface area (Å²) in [6.45, 7) is 0.689. The van der Waals surface area contributed by atoms with Crippen molar-refractivity contribution < 1.29 is 4.74 Å². The van der Waals surface area contributed by atoms with Gasteiger partial charge in [0.1, 0.15) is 5.75 Å². The van der Waals surface area contributed by atoms with E-state index in [0.29, 0.717) is 11.6 Å². The summed E-state index contributed by atoms with van der Waals surface area (Å²) < 4.78 is 5.63. The van der Waals surface area contributed by atoms with Gasteiger partial charge in [0, 0.05) is 10.8 Å². The van der Waals surface area contributed by atoms with Gasteiger partial charge in [0.2, 0.25) is 0 Å². The highest BCUT2D eigenvalue weighted by atomic mass is 35.5. The second-order valence-corrected chi connectivity index (χ2v) is 6.02. The summed E-state index contributed by atoms with van der Waals surface area (Å²) >= 11 is 7.64. The molecule has 0 fully saturated rings. The highest BCUT2D eigenvalue weighted by Gasteiger charge is 2.00. The van der Waals surface area contributed by atoms with Gasteiger partial charge < -0.3 is 4.74 Å². The summed E-state index contributed by atoms with van der Waals surface area (Å²) in [5.41, 5.74) is 1.87. The minimum Gasteiger partial charge on any atom is -0.494 e. The number of thioether (sulfide) groups is 1. The monoisotopic (exact) mass is 317 g/mol. The Morgan fingerprint density at radius 2 is 1.86 bits per heavy atom. The predicted molar refractivity (Wildman–Crippen MR) is 88.9 cm³/mol. The van der Waals surface area contributed by atoms with E-state index in [1.165, 1.54) is 0 Å². The number of hydrogen-bond acceptors (Lipinski definition) is 3. The second kappa shape index (κ2) is 8.61. The number of ether oxygens (including phenoxy) is 1. The molecule has 2 nitrogen and oxygen atoms in total. The maximum atomic E-state index is 9.02. The molecule has 108 valence electrons. The smallest absolute Gasteiger partial charge is 0.119 e. The molecule has 2 aromatic carbocycles. The third-order valence-electron chi connectivity index (χ3n) is 2.91. The first-order chi connectivity index (χ1) is 10.3. The van der Waals surface area contributed by atoms with E-state index >= 15 is 0 Å². The zero-order valence-electron chi connectivity index (χ0n) is 11.6. The van der Waals surface area contributed by atoms with Crippen LogP contribution in [-0.4, -0.2) is 12.4 Å². The third-order valence-corrected chi connectivity index (χ3v) is 4.26. The standard InChI is InChI=1S/C17H16ClNOS/c18-16-6-8-17(9-7-16)20-10-3-11-21-13-15-5-2-1-4-14(15)12-19/h1-2,4-9H,3,10-11,13H2. The Balaban J connectivity index is 1.64. The molecule has 0 aliphatic heterocycles. The van der Waals surface area contributed by atoms with Crippen LogP contribution in [0.2, 0.25) is 5.02 Å². The largest absolute Gasteiger partial charge is 0.494 e. The lowest BCUT2D eigenvalue weighted by molar-refractivity contribution is 0.318. The van der Waals surface area contributed by atoms with Gasteiger partial charge in [-0.25, -0.2) is 0 Å². The van der Waals surface area contributed by atoms with Gasteiger partial charge in [-0.1, -0.05) is 29.8 Å². The molecule has 2 aromatic rings. The molecule has 0 heterocycles. The van der Waals surface area contributed by atoms with E-state index in [2.05, 4.69) is 6.07 Å². The molecule has 0 saturated heterocycles. The average Bonchev–Trinajstić information content (AvgIpc) is 2.53. The number of halogens is 1. The van der Waals surface area contributed by atoms with E-state index in [9.17, 15) is 0 Å². The van der Waals surface area contributed by atoms with Gasteiger partial charge in [-0.15, -0.1) is 0 Å². The molecule has 0 saturated carbocycles. The van der Waals surface area contributed by atoms with Gasteiger partial charge in [-0.05, 0) is 48.1 Å². The first-order valence-corrected chi connectivity index (χ1v) is 8.27. The Kier molecular flexibility index (Phi) is 6.46. The van der Waals surface area contributed by atoms with E-state index in [-0.39, 0.29) is 0 Å². The van der Waals surface area contributed by atoms with Gasteiger partial charge >= 0.3 is 0 Å². The normalized spacial score (nSPS) is 10.1.